The summed E-state index contributed by atoms with van der Waals surface area (Å²) < 4.78 is 0. The second-order valence-electron chi connectivity index (χ2n) is 8.22. The number of carboxylic acid groups (broad SMARTS) is 4. The molecule has 0 radical (unpaired) electrons. The molecule has 0 amide bonds. The Balaban J connectivity index is 4.70. The van der Waals surface area contributed by atoms with Gasteiger partial charge in [-0.1, -0.05) is 78.1 Å². The van der Waals surface area contributed by atoms with Crippen LogP contribution in [0.2, 0.25) is 0 Å². The fraction of sp³-hybridized carbons (Fsp3) is 0.818. The van der Waals surface area contributed by atoms with Crippen molar-refractivity contribution < 1.29 is 39.6 Å². The summed E-state index contributed by atoms with van der Waals surface area (Å²) in [5.41, 5.74) is 0. The minimum atomic E-state index is -1.80. The zero-order chi connectivity index (χ0) is 23.1. The average molecular weight is 431 g/mol. The summed E-state index contributed by atoms with van der Waals surface area (Å²) in [5, 5.41) is 37.3. The lowest BCUT2D eigenvalue weighted by Crippen LogP contribution is -2.42. The molecule has 0 heterocycles. The molecule has 4 unspecified atom stereocenters. The highest BCUT2D eigenvalue weighted by atomic mass is 16.4. The third-order valence-corrected chi connectivity index (χ3v) is 5.73. The fourth-order valence-electron chi connectivity index (χ4n) is 4.02. The summed E-state index contributed by atoms with van der Waals surface area (Å²) in [6.07, 6.45) is 10.7. The van der Waals surface area contributed by atoms with Crippen molar-refractivity contribution in [3.05, 3.63) is 0 Å². The predicted molar refractivity (Wildman–Crippen MR) is 111 cm³/mol. The van der Waals surface area contributed by atoms with E-state index >= 15 is 0 Å². The van der Waals surface area contributed by atoms with Crippen LogP contribution in [-0.4, -0.2) is 44.3 Å². The van der Waals surface area contributed by atoms with E-state index in [2.05, 4.69) is 6.92 Å². The molecule has 0 aromatic heterocycles. The number of carbonyl (C=O) groups is 4. The van der Waals surface area contributed by atoms with Gasteiger partial charge < -0.3 is 20.4 Å². The molecule has 0 aliphatic rings. The van der Waals surface area contributed by atoms with E-state index in [4.69, 9.17) is 5.11 Å². The van der Waals surface area contributed by atoms with Gasteiger partial charge in [0, 0.05) is 0 Å². The Morgan fingerprint density at radius 2 is 1.07 bits per heavy atom. The van der Waals surface area contributed by atoms with Crippen LogP contribution in [-0.2, 0) is 19.2 Å². The minimum absolute atomic E-state index is 0.455. The SMILES string of the molecule is CCCCCCCCCCCCC(C)C(C(=O)O)C(C(=O)O)C(CC(=O)O)C(=O)O. The van der Waals surface area contributed by atoms with Crippen LogP contribution in [0.4, 0.5) is 0 Å². The Hall–Kier alpha value is -2.12. The van der Waals surface area contributed by atoms with Crippen LogP contribution in [0.1, 0.15) is 90.9 Å². The van der Waals surface area contributed by atoms with Gasteiger partial charge in [-0.3, -0.25) is 19.2 Å². The summed E-state index contributed by atoms with van der Waals surface area (Å²) in [7, 11) is 0. The summed E-state index contributed by atoms with van der Waals surface area (Å²) in [4.78, 5) is 45.9. The molecule has 4 atom stereocenters. The molecule has 0 aromatic carbocycles. The summed E-state index contributed by atoms with van der Waals surface area (Å²) in [6.45, 7) is 3.78. The Morgan fingerprint density at radius 3 is 1.43 bits per heavy atom. The van der Waals surface area contributed by atoms with Crippen LogP contribution in [0, 0.1) is 23.7 Å². The first-order valence-corrected chi connectivity index (χ1v) is 11.0. The van der Waals surface area contributed by atoms with E-state index in [1.54, 1.807) is 6.92 Å². The summed E-state index contributed by atoms with van der Waals surface area (Å²) in [6, 6.07) is 0. The van der Waals surface area contributed by atoms with Crippen LogP contribution in [0.15, 0.2) is 0 Å². The third-order valence-electron chi connectivity index (χ3n) is 5.73. The quantitative estimate of drug-likeness (QED) is 0.219. The van der Waals surface area contributed by atoms with Gasteiger partial charge in [-0.25, -0.2) is 0 Å². The molecular formula is C22H38O8. The van der Waals surface area contributed by atoms with Crippen LogP contribution in [0.25, 0.3) is 0 Å². The zero-order valence-electron chi connectivity index (χ0n) is 18.2. The van der Waals surface area contributed by atoms with Gasteiger partial charge >= 0.3 is 23.9 Å². The van der Waals surface area contributed by atoms with Crippen molar-refractivity contribution in [3.63, 3.8) is 0 Å². The molecule has 8 nitrogen and oxygen atoms in total. The van der Waals surface area contributed by atoms with Crippen molar-refractivity contribution in [1.29, 1.82) is 0 Å². The van der Waals surface area contributed by atoms with Gasteiger partial charge in [-0.05, 0) is 12.3 Å². The third kappa shape index (κ3) is 11.2. The minimum Gasteiger partial charge on any atom is -0.481 e. The van der Waals surface area contributed by atoms with E-state index in [0.717, 1.165) is 25.7 Å². The maximum Gasteiger partial charge on any atom is 0.308 e. The van der Waals surface area contributed by atoms with Gasteiger partial charge in [0.2, 0.25) is 0 Å². The van der Waals surface area contributed by atoms with Gasteiger partial charge in [-0.15, -0.1) is 0 Å². The first kappa shape index (κ1) is 27.9. The molecule has 8 heteroatoms. The topological polar surface area (TPSA) is 149 Å². The second kappa shape index (κ2) is 15.7. The van der Waals surface area contributed by atoms with E-state index in [-0.39, 0.29) is 0 Å². The van der Waals surface area contributed by atoms with E-state index in [1.165, 1.54) is 38.5 Å². The molecule has 0 rings (SSSR count). The van der Waals surface area contributed by atoms with Crippen molar-refractivity contribution in [2.75, 3.05) is 0 Å². The highest BCUT2D eigenvalue weighted by Crippen LogP contribution is 2.33. The lowest BCUT2D eigenvalue weighted by atomic mass is 9.73. The molecule has 0 saturated carbocycles. The van der Waals surface area contributed by atoms with E-state index in [1.807, 2.05) is 0 Å². The molecule has 0 saturated heterocycles. The van der Waals surface area contributed by atoms with Crippen molar-refractivity contribution in [2.45, 2.75) is 90.9 Å². The van der Waals surface area contributed by atoms with Gasteiger partial charge in [-0.2, -0.15) is 0 Å². The molecule has 0 fully saturated rings. The van der Waals surface area contributed by atoms with E-state index in [9.17, 15) is 34.5 Å². The second-order valence-corrected chi connectivity index (χ2v) is 8.22. The monoisotopic (exact) mass is 430 g/mol. The number of rotatable bonds is 19. The Kier molecular flexibility index (Phi) is 14.6. The molecular weight excluding hydrogens is 392 g/mol. The lowest BCUT2D eigenvalue weighted by Gasteiger charge is -2.29. The fourth-order valence-corrected chi connectivity index (χ4v) is 4.02. The van der Waals surface area contributed by atoms with E-state index in [0.29, 0.717) is 6.42 Å². The molecule has 0 aromatic rings. The molecule has 174 valence electrons. The van der Waals surface area contributed by atoms with Crippen molar-refractivity contribution >= 4 is 23.9 Å². The Labute approximate surface area is 178 Å². The van der Waals surface area contributed by atoms with Gasteiger partial charge in [0.1, 0.15) is 0 Å². The van der Waals surface area contributed by atoms with Crippen LogP contribution >= 0.6 is 0 Å². The number of unbranched alkanes of at least 4 members (excludes halogenated alkanes) is 9. The van der Waals surface area contributed by atoms with Crippen molar-refractivity contribution in [1.82, 2.24) is 0 Å². The van der Waals surface area contributed by atoms with Crippen LogP contribution in [0.5, 0.6) is 0 Å². The largest absolute Gasteiger partial charge is 0.481 e. The normalized spacial score (nSPS) is 15.1. The van der Waals surface area contributed by atoms with Crippen LogP contribution < -0.4 is 0 Å². The average Bonchev–Trinajstić information content (AvgIpc) is 2.64. The van der Waals surface area contributed by atoms with Crippen molar-refractivity contribution in [3.8, 4) is 0 Å². The predicted octanol–water partition coefficient (Wildman–Crippen LogP) is 4.51. The van der Waals surface area contributed by atoms with Crippen LogP contribution in [0.3, 0.4) is 0 Å². The van der Waals surface area contributed by atoms with Gasteiger partial charge in [0.15, 0.2) is 0 Å². The molecule has 0 spiro atoms. The standard InChI is InChI=1S/C22H38O8/c1-3-4-5-6-7-8-9-10-11-12-13-15(2)18(21(27)28)19(22(29)30)16(20(25)26)14-17(23)24/h15-16,18-19H,3-14H2,1-2H3,(H,23,24)(H,25,26)(H,27,28)(H,29,30). The molecule has 0 aliphatic carbocycles. The highest BCUT2D eigenvalue weighted by molar-refractivity contribution is 5.87. The molecule has 0 bridgehead atoms. The first-order valence-electron chi connectivity index (χ1n) is 11.0. The maximum absolute atomic E-state index is 11.8. The maximum atomic E-state index is 11.8. The molecule has 0 aliphatic heterocycles. The number of hydrogen-bond acceptors (Lipinski definition) is 4. The summed E-state index contributed by atoms with van der Waals surface area (Å²) >= 11 is 0. The lowest BCUT2D eigenvalue weighted by molar-refractivity contribution is -0.166. The first-order chi connectivity index (χ1) is 14.1. The smallest absolute Gasteiger partial charge is 0.308 e. The Morgan fingerprint density at radius 1 is 0.633 bits per heavy atom. The van der Waals surface area contributed by atoms with Gasteiger partial charge in [0.25, 0.3) is 0 Å². The molecule has 30 heavy (non-hydrogen) atoms. The summed E-state index contributed by atoms with van der Waals surface area (Å²) in [5.74, 6) is -11.7. The zero-order valence-corrected chi connectivity index (χ0v) is 18.2. The Bertz CT molecular complexity index is 545. The number of carboxylic acids is 4. The van der Waals surface area contributed by atoms with Crippen molar-refractivity contribution in [2.24, 2.45) is 23.7 Å². The molecule has 4 N–H and O–H groups in total. The number of aliphatic carboxylic acids is 4. The van der Waals surface area contributed by atoms with Gasteiger partial charge in [0.05, 0.1) is 24.2 Å². The van der Waals surface area contributed by atoms with E-state index < -0.39 is 54.0 Å². The highest BCUT2D eigenvalue weighted by Gasteiger charge is 2.46. The number of hydrogen-bond donors (Lipinski definition) is 4.